The monoisotopic (exact) mass is 658 g/mol. The highest BCUT2D eigenvalue weighted by molar-refractivity contribution is 5.96. The van der Waals surface area contributed by atoms with Crippen molar-refractivity contribution in [1.82, 2.24) is 30.0 Å². The number of para-hydroxylation sites is 1. The van der Waals surface area contributed by atoms with Crippen LogP contribution in [-0.2, 0) is 28.8 Å². The minimum atomic E-state index is -1.22. The summed E-state index contributed by atoms with van der Waals surface area (Å²) in [5, 5.41) is 27.1. The molecule has 4 rings (SSSR count). The van der Waals surface area contributed by atoms with E-state index in [2.05, 4.69) is 10.4 Å². The molecule has 17 heteroatoms. The van der Waals surface area contributed by atoms with Crippen molar-refractivity contribution in [2.45, 2.75) is 57.7 Å². The number of likely N-dealkylation sites (tertiary alicyclic amines) is 1. The number of hydroxylamine groups is 2. The second kappa shape index (κ2) is 15.9. The van der Waals surface area contributed by atoms with Crippen molar-refractivity contribution in [3.05, 3.63) is 42.1 Å². The molecule has 1 aromatic carbocycles. The fraction of sp³-hybridized carbons (Fsp3) is 0.500. The van der Waals surface area contributed by atoms with Gasteiger partial charge in [-0.05, 0) is 45.2 Å². The van der Waals surface area contributed by atoms with E-state index in [1.54, 1.807) is 37.3 Å². The molecule has 3 atom stereocenters. The van der Waals surface area contributed by atoms with Crippen LogP contribution in [0.3, 0.4) is 0 Å². The average molecular weight is 659 g/mol. The number of hydrogen-bond acceptors (Lipinski definition) is 11. The summed E-state index contributed by atoms with van der Waals surface area (Å²) in [6.45, 7) is 4.16. The lowest BCUT2D eigenvalue weighted by Gasteiger charge is -2.35. The largest absolute Gasteiger partial charge is 0.527 e. The van der Waals surface area contributed by atoms with Crippen molar-refractivity contribution < 1.29 is 53.3 Å². The molecule has 0 radical (unpaired) electrons. The number of piperazine rings is 1. The number of carboxylic acid groups (broad SMARTS) is 2. The van der Waals surface area contributed by atoms with Gasteiger partial charge in [-0.3, -0.25) is 19.2 Å². The van der Waals surface area contributed by atoms with Crippen molar-refractivity contribution in [3.63, 3.8) is 0 Å². The summed E-state index contributed by atoms with van der Waals surface area (Å²) in [4.78, 5) is 82.5. The molecule has 0 aliphatic carbocycles. The summed E-state index contributed by atoms with van der Waals surface area (Å²) >= 11 is 0. The molecule has 47 heavy (non-hydrogen) atoms. The Labute approximate surface area is 269 Å². The van der Waals surface area contributed by atoms with E-state index in [1.165, 1.54) is 32.5 Å². The van der Waals surface area contributed by atoms with Gasteiger partial charge in [-0.15, -0.1) is 5.06 Å². The van der Waals surface area contributed by atoms with Gasteiger partial charge >= 0.3 is 18.1 Å². The van der Waals surface area contributed by atoms with E-state index in [0.29, 0.717) is 18.5 Å². The second-order valence-electron chi connectivity index (χ2n) is 10.9. The smallest absolute Gasteiger partial charge is 0.481 e. The molecule has 0 bridgehead atoms. The Morgan fingerprint density at radius 3 is 2.34 bits per heavy atom. The zero-order valence-corrected chi connectivity index (χ0v) is 26.1. The first kappa shape index (κ1) is 34.7. The summed E-state index contributed by atoms with van der Waals surface area (Å²) in [5.74, 6) is -4.09. The Bertz CT molecular complexity index is 1460. The molecule has 2 aromatic rings. The lowest BCUT2D eigenvalue weighted by atomic mass is 10.1. The first-order chi connectivity index (χ1) is 22.5. The van der Waals surface area contributed by atoms with Gasteiger partial charge in [0.2, 0.25) is 11.8 Å². The van der Waals surface area contributed by atoms with Gasteiger partial charge in [0.05, 0.1) is 25.4 Å². The zero-order valence-electron chi connectivity index (χ0n) is 26.1. The van der Waals surface area contributed by atoms with Crippen LogP contribution in [0.15, 0.2) is 36.4 Å². The van der Waals surface area contributed by atoms with E-state index in [9.17, 15) is 39.0 Å². The van der Waals surface area contributed by atoms with E-state index in [-0.39, 0.29) is 57.3 Å². The van der Waals surface area contributed by atoms with Gasteiger partial charge in [0.1, 0.15) is 12.1 Å². The second-order valence-corrected chi connectivity index (χ2v) is 10.9. The average Bonchev–Trinajstić information content (AvgIpc) is 3.71. The first-order valence-corrected chi connectivity index (χ1v) is 15.2. The topological polar surface area (TPSA) is 210 Å². The van der Waals surface area contributed by atoms with E-state index in [0.717, 1.165) is 0 Å². The maximum absolute atomic E-state index is 13.5. The Morgan fingerprint density at radius 1 is 1.00 bits per heavy atom. The van der Waals surface area contributed by atoms with Gasteiger partial charge in [-0.2, -0.15) is 5.10 Å². The number of benzene rings is 1. The summed E-state index contributed by atoms with van der Waals surface area (Å²) in [5.41, 5.74) is 0.320. The van der Waals surface area contributed by atoms with Gasteiger partial charge in [-0.1, -0.05) is 18.2 Å². The predicted octanol–water partition coefficient (Wildman–Crippen LogP) is 0.911. The van der Waals surface area contributed by atoms with Crippen LogP contribution < -0.4 is 10.1 Å². The van der Waals surface area contributed by atoms with E-state index in [1.807, 2.05) is 0 Å². The molecule has 2 fully saturated rings. The van der Waals surface area contributed by atoms with Crippen molar-refractivity contribution in [1.29, 1.82) is 0 Å². The van der Waals surface area contributed by atoms with E-state index < -0.39 is 60.4 Å². The van der Waals surface area contributed by atoms with Crippen LogP contribution in [0.2, 0.25) is 0 Å². The molecule has 1 aromatic heterocycles. The van der Waals surface area contributed by atoms with Crippen LogP contribution in [0.5, 0.6) is 5.88 Å². The molecular weight excluding hydrogens is 620 g/mol. The van der Waals surface area contributed by atoms with Crippen LogP contribution in [0.25, 0.3) is 5.69 Å². The van der Waals surface area contributed by atoms with Crippen molar-refractivity contribution in [2.24, 2.45) is 0 Å². The van der Waals surface area contributed by atoms with Gasteiger partial charge in [0.25, 0.3) is 11.8 Å². The maximum atomic E-state index is 13.5. The van der Waals surface area contributed by atoms with Crippen LogP contribution >= 0.6 is 0 Å². The number of hydrogen-bond donors (Lipinski definition) is 3. The minimum absolute atomic E-state index is 0.0133. The maximum Gasteiger partial charge on any atom is 0.527 e. The zero-order chi connectivity index (χ0) is 34.1. The number of aliphatic carboxylic acids is 2. The number of amides is 3. The van der Waals surface area contributed by atoms with Crippen LogP contribution in [0, 0.1) is 0 Å². The number of carboxylic acids is 2. The summed E-state index contributed by atoms with van der Waals surface area (Å²) < 4.78 is 12.0. The lowest BCUT2D eigenvalue weighted by Crippen LogP contribution is -2.55. The molecule has 3 heterocycles. The Balaban J connectivity index is 1.50. The number of carbonyl (C=O) groups excluding carboxylic acids is 4. The van der Waals surface area contributed by atoms with Gasteiger partial charge in [0.15, 0.2) is 11.8 Å². The summed E-state index contributed by atoms with van der Waals surface area (Å²) in [6.07, 6.45) is -1.71. The molecule has 2 aliphatic heterocycles. The van der Waals surface area contributed by atoms with Gasteiger partial charge < -0.3 is 39.6 Å². The molecule has 0 spiro atoms. The summed E-state index contributed by atoms with van der Waals surface area (Å²) in [7, 11) is 0. The molecular formula is C30H38N6O11. The molecule has 0 saturated carbocycles. The van der Waals surface area contributed by atoms with Crippen LogP contribution in [0.1, 0.15) is 50.0 Å². The molecule has 2 saturated heterocycles. The van der Waals surface area contributed by atoms with Crippen molar-refractivity contribution in [2.75, 3.05) is 39.3 Å². The van der Waals surface area contributed by atoms with Crippen molar-refractivity contribution >= 4 is 35.8 Å². The molecule has 254 valence electrons. The quantitative estimate of drug-likeness (QED) is 0.256. The number of aromatic nitrogens is 2. The predicted molar refractivity (Wildman–Crippen MR) is 160 cm³/mol. The highest BCUT2D eigenvalue weighted by atomic mass is 16.8. The standard InChI is InChI=1S/C30H38N6O11/c1-3-45-30(44)47-34-16-14-33(15-17-34)28(41)21(11-12-25(37)38)31-26(39)22-18-24(36(32-22)20-8-5-4-6-9-20)46-19(2)27(40)35-13-7-10-23(35)29(42)43/h4-6,8-9,18-19,21,23H,3,7,10-17H2,1-2H3,(H,31,39)(H,37,38)(H,42,43)/t19-,21?,23-/m0/s1. The molecule has 3 amide bonds. The fourth-order valence-electron chi connectivity index (χ4n) is 5.29. The van der Waals surface area contributed by atoms with Gasteiger partial charge in [0, 0.05) is 32.1 Å². The molecule has 2 aliphatic rings. The highest BCUT2D eigenvalue weighted by Gasteiger charge is 2.37. The van der Waals surface area contributed by atoms with Crippen LogP contribution in [-0.4, -0.2) is 128 Å². The van der Waals surface area contributed by atoms with Crippen molar-refractivity contribution in [3.8, 4) is 11.6 Å². The molecule has 17 nitrogen and oxygen atoms in total. The third-order valence-electron chi connectivity index (χ3n) is 7.64. The molecule has 1 unspecified atom stereocenters. The Kier molecular flexibility index (Phi) is 11.7. The number of rotatable bonds is 13. The normalized spacial score (nSPS) is 17.8. The number of nitrogens with zero attached hydrogens (tertiary/aromatic N) is 5. The number of ether oxygens (including phenoxy) is 2. The number of nitrogens with one attached hydrogen (secondary N) is 1. The fourth-order valence-corrected chi connectivity index (χ4v) is 5.29. The Hall–Kier alpha value is -5.19. The minimum Gasteiger partial charge on any atom is -0.481 e. The van der Waals surface area contributed by atoms with Gasteiger partial charge in [-0.25, -0.2) is 14.3 Å². The van der Waals surface area contributed by atoms with Crippen LogP contribution in [0.4, 0.5) is 4.79 Å². The lowest BCUT2D eigenvalue weighted by molar-refractivity contribution is -0.157. The summed E-state index contributed by atoms with van der Waals surface area (Å²) in [6, 6.07) is 7.74. The third kappa shape index (κ3) is 8.96. The Morgan fingerprint density at radius 2 is 1.70 bits per heavy atom. The van der Waals surface area contributed by atoms with E-state index in [4.69, 9.17) is 14.3 Å². The van der Waals surface area contributed by atoms with E-state index >= 15 is 0 Å². The third-order valence-corrected chi connectivity index (χ3v) is 7.64. The molecule has 3 N–H and O–H groups in total. The first-order valence-electron chi connectivity index (χ1n) is 15.2. The number of carbonyl (C=O) groups is 6. The SMILES string of the molecule is CCOC(=O)ON1CCN(C(=O)C(CCC(=O)O)NC(=O)c2cc(O[C@@H](C)C(=O)N3CCC[C@H]3C(=O)O)n(-c3ccccc3)n2)CC1. The highest BCUT2D eigenvalue weighted by Crippen LogP contribution is 2.24.